The topological polar surface area (TPSA) is 15.3 Å². The molecule has 0 saturated carbocycles. The minimum Gasteiger partial charge on any atom is -0.313 e. The van der Waals surface area contributed by atoms with E-state index in [0.29, 0.717) is 4.05 Å². The van der Waals surface area contributed by atoms with Crippen LogP contribution in [0.1, 0.15) is 0 Å². The number of hydrogen-bond acceptors (Lipinski definition) is 2. The van der Waals surface area contributed by atoms with Gasteiger partial charge in [0.05, 0.1) is 4.05 Å². The van der Waals surface area contributed by atoms with Gasteiger partial charge >= 0.3 is 0 Å². The number of nitrogens with one attached hydrogen (secondary N) is 1. The monoisotopic (exact) mass is 338 g/mol. The molecule has 4 heteroatoms. The van der Waals surface area contributed by atoms with Crippen molar-refractivity contribution in [1.29, 1.82) is 0 Å². The molecule has 0 spiro atoms. The molecule has 1 aliphatic rings. The van der Waals surface area contributed by atoms with Crippen molar-refractivity contribution in [3.63, 3.8) is 0 Å². The highest BCUT2D eigenvalue weighted by atomic mass is 127. The van der Waals surface area contributed by atoms with Gasteiger partial charge in [-0.2, -0.15) is 0 Å². The zero-order valence-electron chi connectivity index (χ0n) is 4.40. The summed E-state index contributed by atoms with van der Waals surface area (Å²) in [5.41, 5.74) is 0. The fraction of sp³-hybridized carbons (Fsp3) is 1.00. The van der Waals surface area contributed by atoms with Gasteiger partial charge in [0, 0.05) is 42.5 Å². The van der Waals surface area contributed by atoms with Crippen molar-refractivity contribution >= 4 is 45.5 Å². The maximum atomic E-state index is 3.31. The third-order valence-corrected chi connectivity index (χ3v) is 4.45. The molecule has 1 atom stereocenters. The highest BCUT2D eigenvalue weighted by molar-refractivity contribution is 14.1. The predicted octanol–water partition coefficient (Wildman–Crippen LogP) is 1.00. The van der Waals surface area contributed by atoms with Crippen LogP contribution in [0.5, 0.6) is 0 Å². The van der Waals surface area contributed by atoms with Crippen LogP contribution in [-0.2, 0) is 0 Å². The molecule has 1 rings (SSSR count). The van der Waals surface area contributed by atoms with Gasteiger partial charge < -0.3 is 5.32 Å². The van der Waals surface area contributed by atoms with Crippen molar-refractivity contribution in [2.45, 2.75) is 4.05 Å². The summed E-state index contributed by atoms with van der Waals surface area (Å²) >= 11 is 4.81. The second-order valence-electron chi connectivity index (χ2n) is 1.76. The fourth-order valence-electron chi connectivity index (χ4n) is 0.646. The molecule has 0 aromatic carbocycles. The third kappa shape index (κ3) is 1.96. The molecule has 0 aromatic heterocycles. The van der Waals surface area contributed by atoms with E-state index < -0.39 is 0 Å². The van der Waals surface area contributed by atoms with E-state index in [4.69, 9.17) is 0 Å². The summed E-state index contributed by atoms with van der Waals surface area (Å²) < 4.78 is 3.01. The Labute approximate surface area is 77.0 Å². The average molecular weight is 338 g/mol. The Bertz CT molecular complexity index is 68.4. The molecule has 1 fully saturated rings. The molecule has 0 radical (unpaired) electrons. The quantitative estimate of drug-likeness (QED) is 0.307. The molecule has 8 heavy (non-hydrogen) atoms. The molecule has 1 saturated heterocycles. The van der Waals surface area contributed by atoms with Gasteiger partial charge in [-0.15, -0.1) is 0 Å². The van der Waals surface area contributed by atoms with E-state index in [1.54, 1.807) is 0 Å². The normalized spacial score (nSPS) is 33.0. The summed E-state index contributed by atoms with van der Waals surface area (Å²) in [5, 5.41) is 3.31. The van der Waals surface area contributed by atoms with Crippen LogP contribution in [0.4, 0.5) is 0 Å². The Balaban J connectivity index is 2.28. The van der Waals surface area contributed by atoms with E-state index in [1.807, 2.05) is 0 Å². The molecule has 2 nitrogen and oxygen atoms in total. The lowest BCUT2D eigenvalue weighted by Gasteiger charge is -2.26. The Morgan fingerprint density at radius 1 is 1.62 bits per heavy atom. The van der Waals surface area contributed by atoms with E-state index in [9.17, 15) is 0 Å². The Morgan fingerprint density at radius 2 is 2.38 bits per heavy atom. The summed E-state index contributed by atoms with van der Waals surface area (Å²) in [7, 11) is 0. The molecular formula is C4H8I2N2. The first-order chi connectivity index (χ1) is 3.80. The summed E-state index contributed by atoms with van der Waals surface area (Å²) in [6, 6.07) is 0. The summed E-state index contributed by atoms with van der Waals surface area (Å²) in [6.07, 6.45) is 0. The maximum Gasteiger partial charge on any atom is 0.0833 e. The van der Waals surface area contributed by atoms with Crippen molar-refractivity contribution in [3.8, 4) is 0 Å². The van der Waals surface area contributed by atoms with Gasteiger partial charge in [0.2, 0.25) is 0 Å². The predicted molar refractivity (Wildman–Crippen MR) is 51.4 cm³/mol. The third-order valence-electron chi connectivity index (χ3n) is 1.12. The van der Waals surface area contributed by atoms with Gasteiger partial charge in [-0.25, -0.2) is 3.11 Å². The number of halogens is 2. The van der Waals surface area contributed by atoms with Crippen LogP contribution in [0.25, 0.3) is 0 Å². The largest absolute Gasteiger partial charge is 0.313 e. The van der Waals surface area contributed by atoms with Gasteiger partial charge in [0.25, 0.3) is 0 Å². The average Bonchev–Trinajstić information content (AvgIpc) is 1.77. The van der Waals surface area contributed by atoms with Crippen LogP contribution in [0.15, 0.2) is 0 Å². The van der Waals surface area contributed by atoms with Crippen LogP contribution in [0.3, 0.4) is 0 Å². The molecule has 0 aliphatic carbocycles. The number of rotatable bonds is 0. The molecule has 0 aromatic rings. The Hall–Kier alpha value is 1.38. The number of hydrogen-bond donors (Lipinski definition) is 1. The van der Waals surface area contributed by atoms with Crippen LogP contribution in [0, 0.1) is 0 Å². The van der Waals surface area contributed by atoms with Crippen LogP contribution < -0.4 is 5.32 Å². The number of piperazine rings is 1. The molecule has 0 amide bonds. The highest BCUT2D eigenvalue weighted by Gasteiger charge is 2.15. The Morgan fingerprint density at radius 3 is 2.75 bits per heavy atom. The van der Waals surface area contributed by atoms with Crippen LogP contribution in [0.2, 0.25) is 0 Å². The van der Waals surface area contributed by atoms with E-state index in [1.165, 1.54) is 6.54 Å². The fourth-order valence-corrected chi connectivity index (χ4v) is 1.67. The SMILES string of the molecule is IC1CNCCN1I. The second kappa shape index (κ2) is 3.52. The van der Waals surface area contributed by atoms with E-state index in [0.717, 1.165) is 13.1 Å². The van der Waals surface area contributed by atoms with Gasteiger partial charge in [-0.3, -0.25) is 0 Å². The van der Waals surface area contributed by atoms with Crippen molar-refractivity contribution in [2.75, 3.05) is 19.6 Å². The summed E-state index contributed by atoms with van der Waals surface area (Å²) in [5.74, 6) is 0. The van der Waals surface area contributed by atoms with Crippen molar-refractivity contribution in [3.05, 3.63) is 0 Å². The number of alkyl halides is 1. The molecule has 1 aliphatic heterocycles. The zero-order valence-corrected chi connectivity index (χ0v) is 8.72. The molecular weight excluding hydrogens is 330 g/mol. The minimum atomic E-state index is 0.682. The van der Waals surface area contributed by atoms with E-state index >= 15 is 0 Å². The van der Waals surface area contributed by atoms with Crippen LogP contribution in [-0.4, -0.2) is 26.8 Å². The standard InChI is InChI=1S/C4H8I2N2/c5-4-3-7-1-2-8(4)6/h4,7H,1-3H2. The van der Waals surface area contributed by atoms with Gasteiger partial charge in [0.15, 0.2) is 0 Å². The molecule has 1 N–H and O–H groups in total. The van der Waals surface area contributed by atoms with Gasteiger partial charge in [-0.05, 0) is 0 Å². The van der Waals surface area contributed by atoms with E-state index in [2.05, 4.69) is 53.9 Å². The van der Waals surface area contributed by atoms with Crippen molar-refractivity contribution in [2.24, 2.45) is 0 Å². The van der Waals surface area contributed by atoms with Gasteiger partial charge in [-0.1, -0.05) is 22.6 Å². The minimum absolute atomic E-state index is 0.682. The first-order valence-electron chi connectivity index (χ1n) is 2.58. The lowest BCUT2D eigenvalue weighted by atomic mass is 10.4. The lowest BCUT2D eigenvalue weighted by molar-refractivity contribution is 0.408. The van der Waals surface area contributed by atoms with Crippen molar-refractivity contribution < 1.29 is 0 Å². The maximum absolute atomic E-state index is 3.31. The first-order valence-corrected chi connectivity index (χ1v) is 4.79. The first kappa shape index (κ1) is 7.49. The second-order valence-corrected chi connectivity index (χ2v) is 4.44. The van der Waals surface area contributed by atoms with Crippen LogP contribution >= 0.6 is 45.5 Å². The smallest absolute Gasteiger partial charge is 0.0833 e. The highest BCUT2D eigenvalue weighted by Crippen LogP contribution is 2.14. The Kier molecular flexibility index (Phi) is 3.30. The molecule has 0 bridgehead atoms. The zero-order chi connectivity index (χ0) is 5.98. The molecule has 1 heterocycles. The number of nitrogens with zero attached hydrogens (tertiary/aromatic N) is 1. The summed E-state index contributed by atoms with van der Waals surface area (Å²) in [6.45, 7) is 3.44. The lowest BCUT2D eigenvalue weighted by Crippen LogP contribution is -2.42. The van der Waals surface area contributed by atoms with Gasteiger partial charge in [0.1, 0.15) is 0 Å². The molecule has 1 unspecified atom stereocenters. The van der Waals surface area contributed by atoms with E-state index in [-0.39, 0.29) is 0 Å². The molecule has 48 valence electrons. The summed E-state index contributed by atoms with van der Waals surface area (Å²) in [4.78, 5) is 0. The van der Waals surface area contributed by atoms with Crippen molar-refractivity contribution in [1.82, 2.24) is 8.43 Å².